The summed E-state index contributed by atoms with van der Waals surface area (Å²) in [5, 5.41) is 18.1. The van der Waals surface area contributed by atoms with Crippen molar-refractivity contribution in [3.63, 3.8) is 0 Å². The Bertz CT molecular complexity index is 885. The largest absolute Gasteiger partial charge is 0.508 e. The molecular weight excluding hydrogens is 342 g/mol. The van der Waals surface area contributed by atoms with Gasteiger partial charge in [-0.2, -0.15) is 0 Å². The van der Waals surface area contributed by atoms with Gasteiger partial charge in [-0.1, -0.05) is 17.3 Å². The Labute approximate surface area is 158 Å². The summed E-state index contributed by atoms with van der Waals surface area (Å²) >= 11 is 0. The summed E-state index contributed by atoms with van der Waals surface area (Å²) in [6, 6.07) is 11.3. The maximum atomic E-state index is 9.68. The van der Waals surface area contributed by atoms with Crippen LogP contribution in [0.5, 0.6) is 11.5 Å². The van der Waals surface area contributed by atoms with Gasteiger partial charge in [0.1, 0.15) is 11.5 Å². The van der Waals surface area contributed by atoms with Gasteiger partial charge in [0.05, 0.1) is 25.2 Å². The van der Waals surface area contributed by atoms with E-state index in [-0.39, 0.29) is 0 Å². The molecule has 0 unspecified atom stereocenters. The molecule has 1 aliphatic rings. The van der Waals surface area contributed by atoms with E-state index in [1.807, 2.05) is 30.5 Å². The Morgan fingerprint density at radius 1 is 1.19 bits per heavy atom. The fraction of sp³-hybridized carbons (Fsp3) is 0.350. The van der Waals surface area contributed by atoms with Crippen LogP contribution in [-0.4, -0.2) is 50.2 Å². The second-order valence-corrected chi connectivity index (χ2v) is 6.86. The van der Waals surface area contributed by atoms with Crippen molar-refractivity contribution in [2.45, 2.75) is 25.3 Å². The van der Waals surface area contributed by atoms with Crippen LogP contribution >= 0.6 is 0 Å². The van der Waals surface area contributed by atoms with E-state index in [0.29, 0.717) is 17.4 Å². The Morgan fingerprint density at radius 3 is 2.74 bits per heavy atom. The fourth-order valence-corrected chi connectivity index (χ4v) is 3.54. The number of likely N-dealkylation sites (tertiary alicyclic amines) is 1. The highest BCUT2D eigenvalue weighted by molar-refractivity contribution is 5.30. The van der Waals surface area contributed by atoms with Crippen LogP contribution in [0.1, 0.15) is 30.0 Å². The second-order valence-electron chi connectivity index (χ2n) is 6.86. The first kappa shape index (κ1) is 17.5. The molecule has 0 aliphatic carbocycles. The van der Waals surface area contributed by atoms with Crippen molar-refractivity contribution in [2.24, 2.45) is 0 Å². The SMILES string of the molecule is COc1ccc(-n2cc(CN3CCC(c4cccc(O)c4)CC3)nn2)nc1. The summed E-state index contributed by atoms with van der Waals surface area (Å²) in [5.41, 5.74) is 2.16. The van der Waals surface area contributed by atoms with Crippen LogP contribution in [0.2, 0.25) is 0 Å². The molecule has 140 valence electrons. The van der Waals surface area contributed by atoms with Crippen LogP contribution in [0, 0.1) is 0 Å². The van der Waals surface area contributed by atoms with Crippen LogP contribution in [-0.2, 0) is 6.54 Å². The van der Waals surface area contributed by atoms with Gasteiger partial charge in [0.2, 0.25) is 0 Å². The molecule has 4 rings (SSSR count). The molecule has 1 aromatic carbocycles. The molecule has 0 atom stereocenters. The molecule has 0 spiro atoms. The van der Waals surface area contributed by atoms with Gasteiger partial charge in [0.25, 0.3) is 0 Å². The van der Waals surface area contributed by atoms with E-state index in [1.165, 1.54) is 5.56 Å². The molecule has 1 aliphatic heterocycles. The van der Waals surface area contributed by atoms with E-state index >= 15 is 0 Å². The number of hydrogen-bond donors (Lipinski definition) is 1. The number of phenols is 1. The number of benzene rings is 1. The van der Waals surface area contributed by atoms with E-state index in [0.717, 1.165) is 44.0 Å². The first-order valence-electron chi connectivity index (χ1n) is 9.14. The summed E-state index contributed by atoms with van der Waals surface area (Å²) < 4.78 is 6.82. The van der Waals surface area contributed by atoms with Gasteiger partial charge < -0.3 is 9.84 Å². The molecule has 0 bridgehead atoms. The van der Waals surface area contributed by atoms with Gasteiger partial charge in [0.15, 0.2) is 5.82 Å². The summed E-state index contributed by atoms with van der Waals surface area (Å²) in [7, 11) is 1.62. The van der Waals surface area contributed by atoms with E-state index in [9.17, 15) is 5.11 Å². The minimum atomic E-state index is 0.346. The monoisotopic (exact) mass is 365 g/mol. The maximum Gasteiger partial charge on any atom is 0.155 e. The average molecular weight is 365 g/mol. The van der Waals surface area contributed by atoms with E-state index < -0.39 is 0 Å². The number of methoxy groups -OCH3 is 1. The highest BCUT2D eigenvalue weighted by atomic mass is 16.5. The molecule has 1 saturated heterocycles. The van der Waals surface area contributed by atoms with Crippen molar-refractivity contribution in [3.8, 4) is 17.3 Å². The highest BCUT2D eigenvalue weighted by Crippen LogP contribution is 2.30. The molecule has 27 heavy (non-hydrogen) atoms. The van der Waals surface area contributed by atoms with Crippen LogP contribution in [0.4, 0.5) is 0 Å². The molecule has 0 amide bonds. The number of rotatable bonds is 5. The van der Waals surface area contributed by atoms with E-state index in [2.05, 4.69) is 26.3 Å². The first-order valence-corrected chi connectivity index (χ1v) is 9.14. The van der Waals surface area contributed by atoms with E-state index in [4.69, 9.17) is 4.74 Å². The Kier molecular flexibility index (Phi) is 5.02. The number of nitrogens with zero attached hydrogens (tertiary/aromatic N) is 5. The molecule has 3 heterocycles. The van der Waals surface area contributed by atoms with Gasteiger partial charge in [0, 0.05) is 6.54 Å². The molecule has 7 nitrogen and oxygen atoms in total. The topological polar surface area (TPSA) is 76.3 Å². The number of aromatic nitrogens is 4. The molecular formula is C20H23N5O2. The molecule has 7 heteroatoms. The van der Waals surface area contributed by atoms with Gasteiger partial charge in [-0.25, -0.2) is 9.67 Å². The predicted octanol–water partition coefficient (Wildman–Crippen LogP) is 2.76. The number of ether oxygens (including phenoxy) is 1. The van der Waals surface area contributed by atoms with Gasteiger partial charge >= 0.3 is 0 Å². The molecule has 1 fully saturated rings. The lowest BCUT2D eigenvalue weighted by atomic mass is 9.89. The summed E-state index contributed by atoms with van der Waals surface area (Å²) in [6.45, 7) is 2.80. The number of piperidine rings is 1. The zero-order valence-corrected chi connectivity index (χ0v) is 15.3. The highest BCUT2D eigenvalue weighted by Gasteiger charge is 2.21. The van der Waals surface area contributed by atoms with Crippen LogP contribution in [0.3, 0.4) is 0 Å². The lowest BCUT2D eigenvalue weighted by molar-refractivity contribution is 0.202. The van der Waals surface area contributed by atoms with Crippen molar-refractivity contribution < 1.29 is 9.84 Å². The number of hydrogen-bond acceptors (Lipinski definition) is 6. The third-order valence-corrected chi connectivity index (χ3v) is 5.05. The molecule has 0 saturated carbocycles. The number of phenolic OH excluding ortho intramolecular Hbond substituents is 1. The van der Waals surface area contributed by atoms with Gasteiger partial charge in [-0.15, -0.1) is 5.10 Å². The van der Waals surface area contributed by atoms with Crippen molar-refractivity contribution in [3.05, 3.63) is 60.0 Å². The van der Waals surface area contributed by atoms with Crippen LogP contribution in [0.25, 0.3) is 5.82 Å². The zero-order valence-electron chi connectivity index (χ0n) is 15.3. The molecule has 3 aromatic rings. The lowest BCUT2D eigenvalue weighted by Gasteiger charge is -2.31. The number of aromatic hydroxyl groups is 1. The zero-order chi connectivity index (χ0) is 18.6. The predicted molar refractivity (Wildman–Crippen MR) is 101 cm³/mol. The van der Waals surface area contributed by atoms with Crippen LogP contribution < -0.4 is 4.74 Å². The quantitative estimate of drug-likeness (QED) is 0.749. The summed E-state index contributed by atoms with van der Waals surface area (Å²) in [5.74, 6) is 2.29. The molecule has 1 N–H and O–H groups in total. The second kappa shape index (κ2) is 7.75. The Hall–Kier alpha value is -2.93. The van der Waals surface area contributed by atoms with Crippen LogP contribution in [0.15, 0.2) is 48.8 Å². The summed E-state index contributed by atoms with van der Waals surface area (Å²) in [4.78, 5) is 6.73. The Morgan fingerprint density at radius 2 is 2.04 bits per heavy atom. The van der Waals surface area contributed by atoms with Crippen molar-refractivity contribution in [1.82, 2.24) is 24.9 Å². The molecule has 2 aromatic heterocycles. The minimum absolute atomic E-state index is 0.346. The minimum Gasteiger partial charge on any atom is -0.508 e. The lowest BCUT2D eigenvalue weighted by Crippen LogP contribution is -2.32. The fourth-order valence-electron chi connectivity index (χ4n) is 3.54. The molecule has 0 radical (unpaired) electrons. The smallest absolute Gasteiger partial charge is 0.155 e. The van der Waals surface area contributed by atoms with Gasteiger partial charge in [-0.3, -0.25) is 4.90 Å². The van der Waals surface area contributed by atoms with E-state index in [1.54, 1.807) is 24.1 Å². The third-order valence-electron chi connectivity index (χ3n) is 5.05. The van der Waals surface area contributed by atoms with Crippen molar-refractivity contribution in [1.29, 1.82) is 0 Å². The maximum absolute atomic E-state index is 9.68. The Balaban J connectivity index is 1.35. The van der Waals surface area contributed by atoms with Gasteiger partial charge in [-0.05, 0) is 61.7 Å². The van der Waals surface area contributed by atoms with Crippen molar-refractivity contribution in [2.75, 3.05) is 20.2 Å². The summed E-state index contributed by atoms with van der Waals surface area (Å²) in [6.07, 6.45) is 5.76. The average Bonchev–Trinajstić information content (AvgIpc) is 3.17. The number of pyridine rings is 1. The van der Waals surface area contributed by atoms with Crippen molar-refractivity contribution >= 4 is 0 Å². The standard InChI is InChI=1S/C20H23N5O2/c1-27-19-5-6-20(21-12-19)25-14-17(22-23-25)13-24-9-7-15(8-10-24)16-3-2-4-18(26)11-16/h2-6,11-12,14-15,26H,7-10,13H2,1H3. The first-order chi connectivity index (χ1) is 13.2. The normalized spacial score (nSPS) is 15.7. The third kappa shape index (κ3) is 4.09.